The van der Waals surface area contributed by atoms with Crippen LogP contribution in [0.5, 0.6) is 5.75 Å². The van der Waals surface area contributed by atoms with Crippen LogP contribution in [-0.4, -0.2) is 19.6 Å². The number of aromatic hydroxyl groups is 1. The predicted molar refractivity (Wildman–Crippen MR) is 310 cm³/mol. The van der Waals surface area contributed by atoms with E-state index >= 15 is 0 Å². The molecule has 4 nitrogen and oxygen atoms in total. The zero-order chi connectivity index (χ0) is 74.4. The second-order valence-electron chi connectivity index (χ2n) is 21.5. The minimum Gasteiger partial charge on any atom is -0.507 e. The van der Waals surface area contributed by atoms with Gasteiger partial charge in [-0.1, -0.05) is 224 Å². The number of para-hydroxylation sites is 1. The molecule has 0 aliphatic carbocycles. The Morgan fingerprint density at radius 3 is 1.72 bits per heavy atom. The van der Waals surface area contributed by atoms with Crippen molar-refractivity contribution in [2.24, 2.45) is 5.41 Å². The van der Waals surface area contributed by atoms with E-state index in [9.17, 15) is 12.0 Å². The van der Waals surface area contributed by atoms with Crippen LogP contribution in [0.4, 0.5) is 0 Å². The van der Waals surface area contributed by atoms with E-state index in [1.165, 1.54) is 22.8 Å². The molecule has 0 aliphatic heterocycles. The summed E-state index contributed by atoms with van der Waals surface area (Å²) in [6.07, 6.45) is -0.875. The van der Waals surface area contributed by atoms with Crippen molar-refractivity contribution in [1.82, 2.24) is 14.5 Å². The van der Waals surface area contributed by atoms with Crippen LogP contribution in [0.15, 0.2) is 158 Å². The number of benzene rings is 7. The number of aromatic nitrogens is 3. The first-order valence-electron chi connectivity index (χ1n) is 36.9. The summed E-state index contributed by atoms with van der Waals surface area (Å²) >= 11 is 0. The number of phenols is 1. The van der Waals surface area contributed by atoms with Gasteiger partial charge in [-0.15, -0.1) is 29.3 Å². The van der Waals surface area contributed by atoms with Gasteiger partial charge in [-0.05, 0) is 103 Å². The largest absolute Gasteiger partial charge is 0.507 e. The Labute approximate surface area is 493 Å². The van der Waals surface area contributed by atoms with Crippen molar-refractivity contribution in [2.45, 2.75) is 131 Å². The number of rotatable bonds is 8. The maximum atomic E-state index is 13.5. The predicted octanol–water partition coefficient (Wildman–Crippen LogP) is 18.7. The number of pyridine rings is 1. The minimum absolute atomic E-state index is 0. The Kier molecular flexibility index (Phi) is 8.04. The third kappa shape index (κ3) is 11.2. The Morgan fingerprint density at radius 2 is 1.15 bits per heavy atom. The van der Waals surface area contributed by atoms with Crippen LogP contribution in [0, 0.1) is 11.5 Å². The van der Waals surface area contributed by atoms with E-state index in [4.69, 9.17) is 33.8 Å². The normalized spacial score (nSPS) is 18.9. The first-order chi connectivity index (χ1) is 45.0. The van der Waals surface area contributed by atoms with Gasteiger partial charge >= 0.3 is 0 Å². The molecule has 0 radical (unpaired) electrons. The fraction of sp³-hybridized carbons (Fsp3) is 0.304. The molecule has 2 aromatic heterocycles. The Bertz CT molecular complexity index is 4400. The maximum absolute atomic E-state index is 13.5. The Balaban J connectivity index is 0.0000127. The molecule has 5 heteroatoms. The molecule has 382 valence electrons. The van der Waals surface area contributed by atoms with Gasteiger partial charge in [-0.25, -0.2) is 4.98 Å². The fourth-order valence-corrected chi connectivity index (χ4v) is 8.77. The van der Waals surface area contributed by atoms with Crippen LogP contribution in [0.25, 0.3) is 83.9 Å². The van der Waals surface area contributed by atoms with Crippen LogP contribution < -0.4 is 0 Å². The maximum Gasteiger partial charge on any atom is 0.148 e. The molecule has 9 rings (SSSR count). The summed E-state index contributed by atoms with van der Waals surface area (Å²) in [6, 6.07) is 30.1. The van der Waals surface area contributed by atoms with Crippen molar-refractivity contribution >= 4 is 11.0 Å². The number of hydrogen-bond donors (Lipinski definition) is 1. The molecule has 0 atom stereocenters. The van der Waals surface area contributed by atoms with E-state index in [1.54, 1.807) is 106 Å². The summed E-state index contributed by atoms with van der Waals surface area (Å²) in [5, 5.41) is 13.5. The van der Waals surface area contributed by atoms with Crippen LogP contribution >= 0.6 is 0 Å². The molecular weight excluding hydrogens is 1080 g/mol. The van der Waals surface area contributed by atoms with Gasteiger partial charge in [0, 0.05) is 77.1 Å². The van der Waals surface area contributed by atoms with E-state index in [0.29, 0.717) is 27.8 Å². The second kappa shape index (κ2) is 20.1. The molecule has 7 aromatic carbocycles. The van der Waals surface area contributed by atoms with Gasteiger partial charge in [0.2, 0.25) is 0 Å². The van der Waals surface area contributed by atoms with Gasteiger partial charge in [0.05, 0.1) is 30.5 Å². The molecular formula is C69H74N3OPt-. The summed E-state index contributed by atoms with van der Waals surface area (Å²) in [5.41, 5.74) is -13.5. The van der Waals surface area contributed by atoms with E-state index in [2.05, 4.69) is 11.1 Å². The van der Waals surface area contributed by atoms with Crippen molar-refractivity contribution in [3.05, 3.63) is 192 Å². The molecule has 0 spiro atoms. The van der Waals surface area contributed by atoms with Crippen LogP contribution in [-0.2, 0) is 49.1 Å². The second-order valence-corrected chi connectivity index (χ2v) is 21.5. The smallest absolute Gasteiger partial charge is 0.148 e. The molecule has 9 aromatic rings. The number of nitrogens with zero attached hydrogens (tertiary/aromatic N) is 3. The van der Waals surface area contributed by atoms with Gasteiger partial charge in [0.15, 0.2) is 0 Å². The Morgan fingerprint density at radius 1 is 0.568 bits per heavy atom. The molecule has 0 saturated carbocycles. The number of fused-ring (bicyclic) bond motifs is 1. The third-order valence-electron chi connectivity index (χ3n) is 12.4. The van der Waals surface area contributed by atoms with Crippen molar-refractivity contribution < 1.29 is 61.8 Å². The Hall–Kier alpha value is -6.35. The third-order valence-corrected chi connectivity index (χ3v) is 12.4. The first-order valence-corrected chi connectivity index (χ1v) is 23.9. The molecule has 0 bridgehead atoms. The van der Waals surface area contributed by atoms with Crippen molar-refractivity contribution in [3.8, 4) is 78.6 Å². The standard InChI is InChI=1S/C69H74N3O.Pt/c1-65(2,3)43-44-29-31-45(32-30-44)48-33-34-70-59(38-48)50-35-49(36-51(37-50)66(4,5)6)54-27-22-28-60-61(54)71-64(57-41-53(68(10,11)12)42-58(63(57)73)69(13,14)15)72(60)62-55(46-23-18-16-19-24-46)39-52(67(7,8)9)40-56(62)47-25-20-17-21-26-47;/h16-34,36-42,73H,43H2,1-15H3;/q-1;/i10D3,11D3,12D3,13D3,14D3,15D3,31D,32D,33D,38D,41D,42D,43D2;. The van der Waals surface area contributed by atoms with E-state index in [1.807, 2.05) is 53.7 Å². The van der Waals surface area contributed by atoms with Gasteiger partial charge < -0.3 is 5.11 Å². The topological polar surface area (TPSA) is 50.9 Å². The SMILES string of the molecule is [2H]c1cc(C([2H])([2H])C(C)(C)C)cc([2H])c1-c1c([2H])cnc(-c2[c-]c(-c3cccc4c3nc(-c3c([2H])c(C(C([2H])([2H])[2H])(C([2H])([2H])[2H])C([2H])([2H])[2H])c([2H])c(C(C([2H])([2H])[2H])(C([2H])([2H])[2H])C([2H])([2H])[2H])c3O)n4-c3c(-c4ccccc4)cc(C(C)(C)C)cc3-c3ccccc3)cc(C(C)(C)C)c2)c1[2H].[Pt]. The number of hydrogen-bond acceptors (Lipinski definition) is 3. The summed E-state index contributed by atoms with van der Waals surface area (Å²) in [6.45, 7) is -9.93. The molecule has 0 fully saturated rings. The number of phenolic OH excluding ortho intramolecular Hbond substituents is 1. The molecule has 1 N–H and O–H groups in total. The monoisotopic (exact) mass is 1180 g/mol. The van der Waals surface area contributed by atoms with Crippen molar-refractivity contribution in [1.29, 1.82) is 0 Å². The molecule has 0 amide bonds. The fourth-order valence-electron chi connectivity index (χ4n) is 8.77. The van der Waals surface area contributed by atoms with Crippen molar-refractivity contribution in [3.63, 3.8) is 0 Å². The minimum atomic E-state index is -4.53. The zero-order valence-corrected chi connectivity index (χ0v) is 44.9. The molecule has 2 heterocycles. The molecule has 0 saturated heterocycles. The first kappa shape index (κ1) is 29.7. The van der Waals surface area contributed by atoms with Gasteiger partial charge in [-0.3, -0.25) is 9.55 Å². The van der Waals surface area contributed by atoms with E-state index in [0.717, 1.165) is 11.8 Å². The summed E-state index contributed by atoms with van der Waals surface area (Å²) < 4.78 is 238. The van der Waals surface area contributed by atoms with Gasteiger partial charge in [0.25, 0.3) is 0 Å². The van der Waals surface area contributed by atoms with Crippen LogP contribution in [0.1, 0.15) is 167 Å². The van der Waals surface area contributed by atoms with Gasteiger partial charge in [0.1, 0.15) is 11.6 Å². The quantitative estimate of drug-likeness (QED) is 0.154. The van der Waals surface area contributed by atoms with Crippen molar-refractivity contribution in [2.75, 3.05) is 0 Å². The molecule has 0 aliphatic rings. The molecule has 0 unspecified atom stereocenters. The molecule has 74 heavy (non-hydrogen) atoms. The average molecular weight is 1180 g/mol. The average Bonchev–Trinajstić information content (AvgIpc) is 1.10. The van der Waals surface area contributed by atoms with Gasteiger partial charge in [-0.2, -0.15) is 0 Å². The summed E-state index contributed by atoms with van der Waals surface area (Å²) in [4.78, 5) is 9.77. The van der Waals surface area contributed by atoms with E-state index in [-0.39, 0.29) is 95.0 Å². The summed E-state index contributed by atoms with van der Waals surface area (Å²) in [7, 11) is 0. The summed E-state index contributed by atoms with van der Waals surface area (Å²) in [5.74, 6) is -2.58. The zero-order valence-electron chi connectivity index (χ0n) is 68.7. The van der Waals surface area contributed by atoms with E-state index < -0.39 is 121 Å². The number of imidazole rings is 1. The van der Waals surface area contributed by atoms with Crippen LogP contribution in [0.3, 0.4) is 0 Å². The van der Waals surface area contributed by atoms with Crippen LogP contribution in [0.2, 0.25) is 0 Å².